The van der Waals surface area contributed by atoms with Crippen LogP contribution in [0.15, 0.2) is 30.7 Å². The maximum atomic E-state index is 11.7. The molecular weight excluding hydrogens is 228 g/mol. The minimum Gasteiger partial charge on any atom is -0.346 e. The Morgan fingerprint density at radius 2 is 2.28 bits per heavy atom. The number of hydrogen-bond acceptors (Lipinski definition) is 3. The van der Waals surface area contributed by atoms with Gasteiger partial charge in [0.15, 0.2) is 0 Å². The van der Waals surface area contributed by atoms with Crippen molar-refractivity contribution >= 4 is 16.8 Å². The molecule has 1 amide bonds. The van der Waals surface area contributed by atoms with Crippen LogP contribution in [0, 0.1) is 0 Å². The molecule has 1 aliphatic rings. The molecule has 3 heterocycles. The molecule has 0 aliphatic carbocycles. The lowest BCUT2D eigenvalue weighted by atomic mass is 10.3. The lowest BCUT2D eigenvalue weighted by molar-refractivity contribution is -0.128. The van der Waals surface area contributed by atoms with Gasteiger partial charge in [-0.2, -0.15) is 0 Å². The number of carbonyl (C=O) groups is 1. The van der Waals surface area contributed by atoms with E-state index in [9.17, 15) is 4.79 Å². The summed E-state index contributed by atoms with van der Waals surface area (Å²) in [7, 11) is 0. The highest BCUT2D eigenvalue weighted by Gasteiger charge is 2.27. The molecule has 5 nitrogen and oxygen atoms in total. The third kappa shape index (κ3) is 1.86. The van der Waals surface area contributed by atoms with E-state index in [1.54, 1.807) is 6.20 Å². The summed E-state index contributed by atoms with van der Waals surface area (Å²) in [5, 5.41) is 1.13. The van der Waals surface area contributed by atoms with Crippen molar-refractivity contribution in [3.8, 4) is 0 Å². The Morgan fingerprint density at radius 3 is 3.06 bits per heavy atom. The van der Waals surface area contributed by atoms with Crippen LogP contribution in [-0.4, -0.2) is 39.5 Å². The third-order valence-electron chi connectivity index (χ3n) is 3.52. The van der Waals surface area contributed by atoms with Gasteiger partial charge in [0.25, 0.3) is 0 Å². The predicted octanol–water partition coefficient (Wildman–Crippen LogP) is 0.596. The molecule has 1 fully saturated rings. The molecule has 5 heteroatoms. The second kappa shape index (κ2) is 4.42. The van der Waals surface area contributed by atoms with E-state index in [-0.39, 0.29) is 11.9 Å². The Bertz CT molecular complexity index is 577. The first kappa shape index (κ1) is 11.2. The van der Waals surface area contributed by atoms with Gasteiger partial charge in [-0.3, -0.25) is 9.78 Å². The molecule has 3 rings (SSSR count). The molecule has 0 bridgehead atoms. The molecule has 0 aromatic carbocycles. The Hall–Kier alpha value is -1.88. The highest BCUT2D eigenvalue weighted by atomic mass is 16.2. The average Bonchev–Trinajstić information content (AvgIpc) is 2.94. The van der Waals surface area contributed by atoms with Crippen LogP contribution in [-0.2, 0) is 11.3 Å². The number of amides is 1. The van der Waals surface area contributed by atoms with Gasteiger partial charge in [0.1, 0.15) is 0 Å². The largest absolute Gasteiger partial charge is 0.346 e. The third-order valence-corrected chi connectivity index (χ3v) is 3.52. The van der Waals surface area contributed by atoms with Gasteiger partial charge < -0.3 is 15.2 Å². The number of aromatic nitrogens is 2. The highest BCUT2D eigenvalue weighted by Crippen LogP contribution is 2.15. The van der Waals surface area contributed by atoms with Crippen molar-refractivity contribution in [1.29, 1.82) is 0 Å². The van der Waals surface area contributed by atoms with Gasteiger partial charge in [-0.1, -0.05) is 0 Å². The second-order valence-corrected chi connectivity index (χ2v) is 4.66. The highest BCUT2D eigenvalue weighted by molar-refractivity contribution is 5.83. The Labute approximate surface area is 105 Å². The molecule has 1 saturated heterocycles. The van der Waals surface area contributed by atoms with Gasteiger partial charge in [0.05, 0.1) is 11.6 Å². The summed E-state index contributed by atoms with van der Waals surface area (Å²) in [4.78, 5) is 17.6. The summed E-state index contributed by atoms with van der Waals surface area (Å²) in [5.41, 5.74) is 6.86. The molecule has 1 atom stereocenters. The quantitative estimate of drug-likeness (QED) is 0.859. The fourth-order valence-corrected chi connectivity index (χ4v) is 2.45. The first-order valence-corrected chi connectivity index (χ1v) is 6.19. The number of nitrogens with zero attached hydrogens (tertiary/aromatic N) is 3. The standard InChI is InChI=1S/C13H16N4O/c14-11-3-6-17(13(11)18)8-7-16-5-2-10-9-15-4-1-12(10)16/h1-2,4-5,9,11H,3,6-8,14H2/t11-/m0/s1. The number of likely N-dealkylation sites (tertiary alicyclic amines) is 1. The van der Waals surface area contributed by atoms with Crippen molar-refractivity contribution in [1.82, 2.24) is 14.5 Å². The molecule has 0 spiro atoms. The van der Waals surface area contributed by atoms with Crippen LogP contribution >= 0.6 is 0 Å². The number of pyridine rings is 1. The average molecular weight is 244 g/mol. The van der Waals surface area contributed by atoms with Gasteiger partial charge in [0, 0.05) is 43.6 Å². The van der Waals surface area contributed by atoms with Gasteiger partial charge in [-0.05, 0) is 18.6 Å². The van der Waals surface area contributed by atoms with E-state index in [1.165, 1.54) is 0 Å². The molecule has 2 N–H and O–H groups in total. The zero-order valence-corrected chi connectivity index (χ0v) is 10.1. The first-order chi connectivity index (χ1) is 8.75. The first-order valence-electron chi connectivity index (χ1n) is 6.19. The molecule has 18 heavy (non-hydrogen) atoms. The Morgan fingerprint density at radius 1 is 1.39 bits per heavy atom. The number of fused-ring (bicyclic) bond motifs is 1. The molecule has 0 saturated carbocycles. The summed E-state index contributed by atoms with van der Waals surface area (Å²) in [5.74, 6) is 0.0770. The van der Waals surface area contributed by atoms with Crippen LogP contribution in [0.1, 0.15) is 6.42 Å². The monoisotopic (exact) mass is 244 g/mol. The second-order valence-electron chi connectivity index (χ2n) is 4.66. The van der Waals surface area contributed by atoms with E-state index in [4.69, 9.17) is 5.73 Å². The van der Waals surface area contributed by atoms with Gasteiger partial charge in [-0.25, -0.2) is 0 Å². The van der Waals surface area contributed by atoms with Gasteiger partial charge in [0.2, 0.25) is 5.91 Å². The normalized spacial score (nSPS) is 19.9. The summed E-state index contributed by atoms with van der Waals surface area (Å²) in [6.45, 7) is 2.30. The molecule has 94 valence electrons. The zero-order valence-electron chi connectivity index (χ0n) is 10.1. The number of nitrogens with two attached hydrogens (primary N) is 1. The van der Waals surface area contributed by atoms with Crippen LogP contribution < -0.4 is 5.73 Å². The van der Waals surface area contributed by atoms with Crippen LogP contribution in [0.25, 0.3) is 10.9 Å². The number of rotatable bonds is 3. The maximum Gasteiger partial charge on any atom is 0.239 e. The van der Waals surface area contributed by atoms with Crippen molar-refractivity contribution in [2.75, 3.05) is 13.1 Å². The Balaban J connectivity index is 1.72. The van der Waals surface area contributed by atoms with Crippen molar-refractivity contribution < 1.29 is 4.79 Å². The van der Waals surface area contributed by atoms with E-state index in [0.717, 1.165) is 37.0 Å². The lowest BCUT2D eigenvalue weighted by Crippen LogP contribution is -2.35. The van der Waals surface area contributed by atoms with Crippen molar-refractivity contribution in [3.05, 3.63) is 30.7 Å². The van der Waals surface area contributed by atoms with E-state index in [0.29, 0.717) is 0 Å². The fraction of sp³-hybridized carbons (Fsp3) is 0.385. The van der Waals surface area contributed by atoms with E-state index < -0.39 is 0 Å². The van der Waals surface area contributed by atoms with E-state index in [2.05, 4.69) is 9.55 Å². The van der Waals surface area contributed by atoms with Crippen LogP contribution in [0.5, 0.6) is 0 Å². The molecule has 2 aromatic rings. The zero-order chi connectivity index (χ0) is 12.5. The summed E-state index contributed by atoms with van der Waals surface area (Å²) in [6, 6.07) is 3.74. The van der Waals surface area contributed by atoms with Crippen LogP contribution in [0.4, 0.5) is 0 Å². The predicted molar refractivity (Wildman–Crippen MR) is 68.9 cm³/mol. The van der Waals surface area contributed by atoms with Crippen molar-refractivity contribution in [2.45, 2.75) is 19.0 Å². The van der Waals surface area contributed by atoms with E-state index >= 15 is 0 Å². The number of carbonyl (C=O) groups excluding carboxylic acids is 1. The van der Waals surface area contributed by atoms with E-state index in [1.807, 2.05) is 29.4 Å². The van der Waals surface area contributed by atoms with Crippen molar-refractivity contribution in [3.63, 3.8) is 0 Å². The maximum absolute atomic E-state index is 11.7. The summed E-state index contributed by atoms with van der Waals surface area (Å²) in [6.07, 6.45) is 6.44. The molecule has 2 aromatic heterocycles. The molecule has 0 unspecified atom stereocenters. The Kier molecular flexibility index (Phi) is 2.76. The van der Waals surface area contributed by atoms with Crippen LogP contribution in [0.3, 0.4) is 0 Å². The SMILES string of the molecule is N[C@H]1CCN(CCn2ccc3cnccc32)C1=O. The smallest absolute Gasteiger partial charge is 0.239 e. The van der Waals surface area contributed by atoms with Gasteiger partial charge in [-0.15, -0.1) is 0 Å². The summed E-state index contributed by atoms with van der Waals surface area (Å²) < 4.78 is 2.15. The van der Waals surface area contributed by atoms with Gasteiger partial charge >= 0.3 is 0 Å². The fourth-order valence-electron chi connectivity index (χ4n) is 2.45. The minimum absolute atomic E-state index is 0.0770. The summed E-state index contributed by atoms with van der Waals surface area (Å²) >= 11 is 0. The van der Waals surface area contributed by atoms with Crippen LogP contribution in [0.2, 0.25) is 0 Å². The number of hydrogen-bond donors (Lipinski definition) is 1. The molecule has 1 aliphatic heterocycles. The minimum atomic E-state index is -0.296. The lowest BCUT2D eigenvalue weighted by Gasteiger charge is -2.16. The molecular formula is C13H16N4O. The topological polar surface area (TPSA) is 64.2 Å². The van der Waals surface area contributed by atoms with Crippen molar-refractivity contribution in [2.24, 2.45) is 5.73 Å². The molecule has 0 radical (unpaired) electrons.